The third-order valence-corrected chi connectivity index (χ3v) is 9.31. The van der Waals surface area contributed by atoms with E-state index in [0.29, 0.717) is 29.1 Å². The van der Waals surface area contributed by atoms with E-state index < -0.39 is 11.7 Å². The zero-order valence-electron chi connectivity index (χ0n) is 15.0. The SMILES string of the molecule is C[C@]12CC[C@@H](O)C[C@H]1CC[C@@H]1[C@@H]2CC[C@@]2(C)[C@H]1C[C@@H](O)[C@@]2(C)O. The highest BCUT2D eigenvalue weighted by atomic mass is 16.3. The van der Waals surface area contributed by atoms with Crippen LogP contribution in [-0.4, -0.2) is 33.1 Å². The van der Waals surface area contributed by atoms with Gasteiger partial charge in [-0.3, -0.25) is 0 Å². The molecular weight excluding hydrogens is 288 g/mol. The Bertz CT molecular complexity index is 489. The molecule has 0 aromatic rings. The van der Waals surface area contributed by atoms with E-state index in [0.717, 1.165) is 32.1 Å². The molecule has 0 heterocycles. The number of hydrogen-bond acceptors (Lipinski definition) is 3. The summed E-state index contributed by atoms with van der Waals surface area (Å²) >= 11 is 0. The molecule has 0 spiro atoms. The lowest BCUT2D eigenvalue weighted by molar-refractivity contribution is -0.164. The van der Waals surface area contributed by atoms with Gasteiger partial charge in [0.1, 0.15) is 0 Å². The maximum absolute atomic E-state index is 11.0. The molecule has 4 aliphatic carbocycles. The largest absolute Gasteiger partial charge is 0.393 e. The monoisotopic (exact) mass is 322 g/mol. The number of hydrogen-bond donors (Lipinski definition) is 3. The first-order chi connectivity index (χ1) is 10.7. The van der Waals surface area contributed by atoms with Crippen molar-refractivity contribution >= 4 is 0 Å². The van der Waals surface area contributed by atoms with Gasteiger partial charge in [0.25, 0.3) is 0 Å². The second-order valence-corrected chi connectivity index (χ2v) is 9.94. The summed E-state index contributed by atoms with van der Waals surface area (Å²) in [5.41, 5.74) is -0.711. The minimum atomic E-state index is -0.941. The molecule has 3 nitrogen and oxygen atoms in total. The van der Waals surface area contributed by atoms with Gasteiger partial charge in [-0.15, -0.1) is 0 Å². The van der Waals surface area contributed by atoms with Crippen LogP contribution in [0.1, 0.15) is 72.1 Å². The molecule has 0 unspecified atom stereocenters. The zero-order chi connectivity index (χ0) is 16.6. The second kappa shape index (κ2) is 4.95. The Kier molecular flexibility index (Phi) is 3.52. The molecule has 0 saturated heterocycles. The molecule has 4 saturated carbocycles. The maximum Gasteiger partial charge on any atom is 0.0933 e. The number of fused-ring (bicyclic) bond motifs is 5. The van der Waals surface area contributed by atoms with Crippen molar-refractivity contribution in [2.24, 2.45) is 34.5 Å². The first-order valence-corrected chi connectivity index (χ1v) is 9.78. The molecule has 4 rings (SSSR count). The van der Waals surface area contributed by atoms with E-state index in [1.807, 2.05) is 6.92 Å². The van der Waals surface area contributed by atoms with Crippen LogP contribution in [0, 0.1) is 34.5 Å². The Labute approximate surface area is 140 Å². The molecule has 9 atom stereocenters. The van der Waals surface area contributed by atoms with Crippen molar-refractivity contribution in [1.29, 1.82) is 0 Å². The van der Waals surface area contributed by atoms with E-state index in [1.54, 1.807) is 0 Å². The van der Waals surface area contributed by atoms with E-state index in [2.05, 4.69) is 13.8 Å². The van der Waals surface area contributed by atoms with E-state index in [1.165, 1.54) is 19.3 Å². The minimum Gasteiger partial charge on any atom is -0.393 e. The highest BCUT2D eigenvalue weighted by Gasteiger charge is 2.66. The van der Waals surface area contributed by atoms with Crippen molar-refractivity contribution in [3.05, 3.63) is 0 Å². The van der Waals surface area contributed by atoms with E-state index in [9.17, 15) is 15.3 Å². The molecule has 0 radical (unpaired) electrons. The Balaban J connectivity index is 1.65. The van der Waals surface area contributed by atoms with Crippen LogP contribution < -0.4 is 0 Å². The van der Waals surface area contributed by atoms with Gasteiger partial charge in [0.05, 0.1) is 17.8 Å². The Hall–Kier alpha value is -0.120. The van der Waals surface area contributed by atoms with E-state index in [-0.39, 0.29) is 11.5 Å². The van der Waals surface area contributed by atoms with Crippen molar-refractivity contribution in [2.75, 3.05) is 0 Å². The lowest BCUT2D eigenvalue weighted by Gasteiger charge is -2.61. The third kappa shape index (κ3) is 1.99. The lowest BCUT2D eigenvalue weighted by Crippen LogP contribution is -2.57. The van der Waals surface area contributed by atoms with Gasteiger partial charge >= 0.3 is 0 Å². The molecule has 0 aliphatic heterocycles. The first kappa shape index (κ1) is 16.4. The fraction of sp³-hybridized carbons (Fsp3) is 1.00. The molecular formula is C20H34O3. The molecule has 3 heteroatoms. The number of rotatable bonds is 0. The zero-order valence-corrected chi connectivity index (χ0v) is 15.0. The molecule has 132 valence electrons. The summed E-state index contributed by atoms with van der Waals surface area (Å²) in [6.45, 7) is 6.57. The van der Waals surface area contributed by atoms with Gasteiger partial charge in [-0.1, -0.05) is 13.8 Å². The first-order valence-electron chi connectivity index (χ1n) is 9.78. The molecule has 0 amide bonds. The van der Waals surface area contributed by atoms with Crippen LogP contribution in [0.2, 0.25) is 0 Å². The van der Waals surface area contributed by atoms with Crippen molar-refractivity contribution in [2.45, 2.75) is 89.9 Å². The van der Waals surface area contributed by atoms with Crippen molar-refractivity contribution in [3.63, 3.8) is 0 Å². The van der Waals surface area contributed by atoms with Crippen LogP contribution in [-0.2, 0) is 0 Å². The second-order valence-electron chi connectivity index (χ2n) is 9.94. The highest BCUT2D eigenvalue weighted by molar-refractivity contribution is 5.15. The lowest BCUT2D eigenvalue weighted by atomic mass is 9.44. The van der Waals surface area contributed by atoms with Gasteiger partial charge in [0, 0.05) is 5.41 Å². The summed E-state index contributed by atoms with van der Waals surface area (Å²) < 4.78 is 0. The van der Waals surface area contributed by atoms with Gasteiger partial charge in [-0.05, 0) is 87.4 Å². The fourth-order valence-electron chi connectivity index (χ4n) is 7.47. The van der Waals surface area contributed by atoms with Crippen LogP contribution in [0.15, 0.2) is 0 Å². The van der Waals surface area contributed by atoms with Gasteiger partial charge in [-0.2, -0.15) is 0 Å². The van der Waals surface area contributed by atoms with Gasteiger partial charge in [-0.25, -0.2) is 0 Å². The van der Waals surface area contributed by atoms with Crippen molar-refractivity contribution in [1.82, 2.24) is 0 Å². The van der Waals surface area contributed by atoms with Crippen molar-refractivity contribution < 1.29 is 15.3 Å². The number of aliphatic hydroxyl groups is 3. The normalized spacial score (nSPS) is 62.3. The summed E-state index contributed by atoms with van der Waals surface area (Å²) in [6, 6.07) is 0. The fourth-order valence-corrected chi connectivity index (χ4v) is 7.47. The topological polar surface area (TPSA) is 60.7 Å². The standard InChI is InChI=1S/C20H34O3/c1-18-8-6-13(21)10-12(18)4-5-14-15(18)7-9-19(2)16(14)11-17(22)20(19,3)23/h12-17,21-23H,4-11H2,1-3H3/t12-,13-,14-,15+,16+,17-,18+,19+,20-/m1/s1. The summed E-state index contributed by atoms with van der Waals surface area (Å²) in [5, 5.41) is 31.5. The van der Waals surface area contributed by atoms with Crippen molar-refractivity contribution in [3.8, 4) is 0 Å². The third-order valence-electron chi connectivity index (χ3n) is 9.31. The summed E-state index contributed by atoms with van der Waals surface area (Å²) in [6.07, 6.45) is 7.87. The molecule has 0 aromatic heterocycles. The van der Waals surface area contributed by atoms with Gasteiger partial charge in [0.15, 0.2) is 0 Å². The highest BCUT2D eigenvalue weighted by Crippen LogP contribution is 2.68. The number of aliphatic hydroxyl groups excluding tert-OH is 2. The Morgan fingerprint density at radius 1 is 0.826 bits per heavy atom. The molecule has 4 aliphatic rings. The van der Waals surface area contributed by atoms with Crippen LogP contribution in [0.25, 0.3) is 0 Å². The maximum atomic E-state index is 11.0. The summed E-state index contributed by atoms with van der Waals surface area (Å²) in [5.74, 6) is 2.49. The van der Waals surface area contributed by atoms with Crippen LogP contribution >= 0.6 is 0 Å². The quantitative estimate of drug-likeness (QED) is 0.642. The Morgan fingerprint density at radius 2 is 1.57 bits per heavy atom. The predicted octanol–water partition coefficient (Wildman–Crippen LogP) is 3.11. The molecule has 4 fully saturated rings. The van der Waals surface area contributed by atoms with Gasteiger partial charge < -0.3 is 15.3 Å². The Morgan fingerprint density at radius 3 is 2.30 bits per heavy atom. The molecule has 23 heavy (non-hydrogen) atoms. The van der Waals surface area contributed by atoms with Crippen LogP contribution in [0.5, 0.6) is 0 Å². The van der Waals surface area contributed by atoms with Crippen LogP contribution in [0.3, 0.4) is 0 Å². The molecule has 3 N–H and O–H groups in total. The molecule has 0 bridgehead atoms. The summed E-state index contributed by atoms with van der Waals surface area (Å²) in [4.78, 5) is 0. The average molecular weight is 322 g/mol. The minimum absolute atomic E-state index is 0.0903. The van der Waals surface area contributed by atoms with Gasteiger partial charge in [0.2, 0.25) is 0 Å². The predicted molar refractivity (Wildman–Crippen MR) is 89.7 cm³/mol. The molecule has 0 aromatic carbocycles. The van der Waals surface area contributed by atoms with E-state index >= 15 is 0 Å². The summed E-state index contributed by atoms with van der Waals surface area (Å²) in [7, 11) is 0. The van der Waals surface area contributed by atoms with E-state index in [4.69, 9.17) is 0 Å². The van der Waals surface area contributed by atoms with Crippen LogP contribution in [0.4, 0.5) is 0 Å². The average Bonchev–Trinajstić information content (AvgIpc) is 2.67. The smallest absolute Gasteiger partial charge is 0.0933 e.